The molecule has 0 radical (unpaired) electrons. The van der Waals surface area contributed by atoms with Crippen molar-refractivity contribution in [1.82, 2.24) is 0 Å². The third-order valence-corrected chi connectivity index (χ3v) is 2.80. The number of hydrogen-bond acceptors (Lipinski definition) is 2. The molecule has 0 heterocycles. The highest BCUT2D eigenvalue weighted by atomic mass is 17.2. The second kappa shape index (κ2) is 5.65. The van der Waals surface area contributed by atoms with Crippen LogP contribution in [0.2, 0.25) is 0 Å². The highest BCUT2D eigenvalue weighted by Gasteiger charge is 2.27. The minimum absolute atomic E-state index is 0.235. The molecule has 0 aliphatic heterocycles. The molecule has 17 heavy (non-hydrogen) atoms. The fourth-order valence-corrected chi connectivity index (χ4v) is 1.75. The summed E-state index contributed by atoms with van der Waals surface area (Å²) in [4.78, 5) is 11.2. The van der Waals surface area contributed by atoms with Crippen molar-refractivity contribution in [2.24, 2.45) is 0 Å². The van der Waals surface area contributed by atoms with E-state index in [1.54, 1.807) is 0 Å². The third-order valence-electron chi connectivity index (χ3n) is 2.80. The van der Waals surface area contributed by atoms with Crippen LogP contribution in [0, 0.1) is 0 Å². The minimum Gasteiger partial charge on any atom is -0.230 e. The van der Waals surface area contributed by atoms with Gasteiger partial charge in [-0.15, -0.1) is 0 Å². The van der Waals surface area contributed by atoms with Gasteiger partial charge in [0.2, 0.25) is 0 Å². The lowest BCUT2D eigenvalue weighted by Gasteiger charge is -2.30. The summed E-state index contributed by atoms with van der Waals surface area (Å²) in [5, 5.41) is 0. The summed E-state index contributed by atoms with van der Waals surface area (Å²) in [5.74, 6) is 0. The Balaban J connectivity index is 2.62. The summed E-state index contributed by atoms with van der Waals surface area (Å²) < 4.78 is 0. The molecule has 96 valence electrons. The summed E-state index contributed by atoms with van der Waals surface area (Å²) in [5.41, 5.74) is 0.458. The second-order valence-electron chi connectivity index (χ2n) is 5.55. The fraction of sp³-hybridized carbons (Fsp3) is 0.600. The molecule has 2 nitrogen and oxygen atoms in total. The Morgan fingerprint density at radius 3 is 2.06 bits per heavy atom. The second-order valence-corrected chi connectivity index (χ2v) is 5.55. The highest BCUT2D eigenvalue weighted by molar-refractivity contribution is 5.20. The van der Waals surface area contributed by atoms with Gasteiger partial charge < -0.3 is 0 Å². The van der Waals surface area contributed by atoms with Gasteiger partial charge >= 0.3 is 0 Å². The van der Waals surface area contributed by atoms with Crippen molar-refractivity contribution in [3.8, 4) is 0 Å². The Hall–Kier alpha value is -0.860. The van der Waals surface area contributed by atoms with E-state index in [0.29, 0.717) is 0 Å². The molecule has 0 fully saturated rings. The molecule has 0 spiro atoms. The van der Waals surface area contributed by atoms with Gasteiger partial charge in [-0.1, -0.05) is 43.7 Å². The molecule has 1 aromatic rings. The normalized spacial score (nSPS) is 12.8. The van der Waals surface area contributed by atoms with E-state index in [4.69, 9.17) is 9.78 Å². The lowest BCUT2D eigenvalue weighted by atomic mass is 9.99. The van der Waals surface area contributed by atoms with E-state index in [9.17, 15) is 0 Å². The van der Waals surface area contributed by atoms with E-state index < -0.39 is 5.60 Å². The van der Waals surface area contributed by atoms with Crippen LogP contribution in [0.15, 0.2) is 30.3 Å². The van der Waals surface area contributed by atoms with Gasteiger partial charge in [-0.2, -0.15) is 0 Å². The van der Waals surface area contributed by atoms with Crippen molar-refractivity contribution in [1.29, 1.82) is 0 Å². The molecule has 0 saturated heterocycles. The van der Waals surface area contributed by atoms with E-state index in [0.717, 1.165) is 18.4 Å². The average molecular weight is 236 g/mol. The molecule has 0 saturated carbocycles. The van der Waals surface area contributed by atoms with Crippen LogP contribution >= 0.6 is 0 Å². The molecular formula is C15H24O2. The molecule has 2 heteroatoms. The van der Waals surface area contributed by atoms with Crippen LogP contribution in [0.4, 0.5) is 0 Å². The van der Waals surface area contributed by atoms with Crippen LogP contribution < -0.4 is 0 Å². The number of benzene rings is 1. The van der Waals surface area contributed by atoms with E-state index in [1.165, 1.54) is 0 Å². The Morgan fingerprint density at radius 2 is 1.53 bits per heavy atom. The number of rotatable bonds is 6. The summed E-state index contributed by atoms with van der Waals surface area (Å²) >= 11 is 0. The smallest absolute Gasteiger partial charge is 0.123 e. The first-order valence-corrected chi connectivity index (χ1v) is 6.30. The zero-order valence-electron chi connectivity index (χ0n) is 11.6. The molecule has 1 aromatic carbocycles. The van der Waals surface area contributed by atoms with E-state index in [1.807, 2.05) is 32.0 Å². The molecule has 0 bridgehead atoms. The molecule has 0 aliphatic carbocycles. The summed E-state index contributed by atoms with van der Waals surface area (Å²) in [6.45, 7) is 10.3. The van der Waals surface area contributed by atoms with Gasteiger partial charge in [-0.3, -0.25) is 0 Å². The average Bonchev–Trinajstić information content (AvgIpc) is 2.28. The first kappa shape index (κ1) is 14.2. The molecule has 0 unspecified atom stereocenters. The lowest BCUT2D eigenvalue weighted by molar-refractivity contribution is -0.406. The molecule has 0 N–H and O–H groups in total. The Morgan fingerprint density at radius 1 is 0.941 bits per heavy atom. The predicted molar refractivity (Wildman–Crippen MR) is 70.6 cm³/mol. The van der Waals surface area contributed by atoms with Crippen LogP contribution in [0.25, 0.3) is 0 Å². The van der Waals surface area contributed by atoms with Crippen molar-refractivity contribution < 1.29 is 9.78 Å². The monoisotopic (exact) mass is 236 g/mol. The predicted octanol–water partition coefficient (Wildman–Crippen LogP) is 4.45. The summed E-state index contributed by atoms with van der Waals surface area (Å²) in [7, 11) is 0. The van der Waals surface area contributed by atoms with Crippen LogP contribution in [0.1, 0.15) is 53.0 Å². The largest absolute Gasteiger partial charge is 0.230 e. The van der Waals surface area contributed by atoms with E-state index in [2.05, 4.69) is 32.9 Å². The van der Waals surface area contributed by atoms with Gasteiger partial charge in [0.05, 0.1) is 5.60 Å². The fourth-order valence-electron chi connectivity index (χ4n) is 1.75. The van der Waals surface area contributed by atoms with Gasteiger partial charge in [0, 0.05) is 0 Å². The lowest BCUT2D eigenvalue weighted by Crippen LogP contribution is -2.31. The maximum Gasteiger partial charge on any atom is 0.123 e. The van der Waals surface area contributed by atoms with Gasteiger partial charge in [-0.05, 0) is 39.7 Å². The van der Waals surface area contributed by atoms with Gasteiger partial charge in [0.1, 0.15) is 5.60 Å². The first-order valence-electron chi connectivity index (χ1n) is 6.30. The molecule has 0 aliphatic rings. The van der Waals surface area contributed by atoms with Crippen molar-refractivity contribution in [3.05, 3.63) is 35.9 Å². The molecule has 0 aromatic heterocycles. The zero-order valence-corrected chi connectivity index (χ0v) is 11.6. The Labute approximate surface area is 105 Å². The van der Waals surface area contributed by atoms with Crippen molar-refractivity contribution in [2.45, 2.75) is 58.7 Å². The summed E-state index contributed by atoms with van der Waals surface area (Å²) in [6.07, 6.45) is 2.07. The number of hydrogen-bond donors (Lipinski definition) is 0. The van der Waals surface area contributed by atoms with Gasteiger partial charge in [-0.25, -0.2) is 9.78 Å². The molecule has 0 atom stereocenters. The highest BCUT2D eigenvalue weighted by Crippen LogP contribution is 2.28. The minimum atomic E-state index is -0.424. The van der Waals surface area contributed by atoms with Gasteiger partial charge in [0.25, 0.3) is 0 Å². The molecule has 0 amide bonds. The summed E-state index contributed by atoms with van der Waals surface area (Å²) in [6, 6.07) is 10.1. The van der Waals surface area contributed by atoms with Crippen molar-refractivity contribution in [2.75, 3.05) is 0 Å². The maximum absolute atomic E-state index is 5.63. The van der Waals surface area contributed by atoms with Gasteiger partial charge in [0.15, 0.2) is 0 Å². The Kier molecular flexibility index (Phi) is 4.72. The van der Waals surface area contributed by atoms with E-state index in [-0.39, 0.29) is 5.60 Å². The molecule has 1 rings (SSSR count). The van der Waals surface area contributed by atoms with Crippen LogP contribution in [-0.2, 0) is 15.4 Å². The SMILES string of the molecule is CCCC(C)(C)OOC(C)(C)c1ccccc1. The standard InChI is InChI=1S/C15H24O2/c1-6-12-14(2,3)16-17-15(4,5)13-10-8-7-9-11-13/h7-11H,6,12H2,1-5H3. The van der Waals surface area contributed by atoms with Crippen molar-refractivity contribution >= 4 is 0 Å². The van der Waals surface area contributed by atoms with Crippen LogP contribution in [-0.4, -0.2) is 5.60 Å². The quantitative estimate of drug-likeness (QED) is 0.536. The van der Waals surface area contributed by atoms with Crippen molar-refractivity contribution in [3.63, 3.8) is 0 Å². The first-order chi connectivity index (χ1) is 7.87. The molecular weight excluding hydrogens is 212 g/mol. The third kappa shape index (κ3) is 4.49. The topological polar surface area (TPSA) is 18.5 Å². The van der Waals surface area contributed by atoms with Crippen LogP contribution in [0.3, 0.4) is 0 Å². The Bertz CT molecular complexity index is 328. The van der Waals surface area contributed by atoms with Crippen LogP contribution in [0.5, 0.6) is 0 Å². The van der Waals surface area contributed by atoms with E-state index >= 15 is 0 Å². The maximum atomic E-state index is 5.63. The zero-order chi connectivity index (χ0) is 12.9.